The Morgan fingerprint density at radius 1 is 1.29 bits per heavy atom. The van der Waals surface area contributed by atoms with E-state index in [0.29, 0.717) is 6.04 Å². The van der Waals surface area contributed by atoms with E-state index < -0.39 is 0 Å². The number of rotatable bonds is 4. The number of hydrogen-bond donors (Lipinski definition) is 1. The van der Waals surface area contributed by atoms with Crippen LogP contribution in [-0.4, -0.2) is 12.6 Å². The van der Waals surface area contributed by atoms with Gasteiger partial charge < -0.3 is 5.32 Å². The smallest absolute Gasteiger partial charge is 0.126 e. The second-order valence-electron chi connectivity index (χ2n) is 5.14. The zero-order chi connectivity index (χ0) is 11.7. The maximum absolute atomic E-state index is 13.4. The number of nitrogens with one attached hydrogen (secondary N) is 1. The molecule has 0 aliphatic heterocycles. The summed E-state index contributed by atoms with van der Waals surface area (Å²) in [6.07, 6.45) is 7.97. The van der Waals surface area contributed by atoms with Crippen LogP contribution in [0.15, 0.2) is 36.4 Å². The average Bonchev–Trinajstić information content (AvgIpc) is 2.68. The number of benzene rings is 1. The zero-order valence-corrected chi connectivity index (χ0v) is 9.90. The first-order chi connectivity index (χ1) is 8.34. The fraction of sp³-hybridized carbons (Fsp3) is 0.467. The lowest BCUT2D eigenvalue weighted by Gasteiger charge is -2.40. The van der Waals surface area contributed by atoms with Crippen molar-refractivity contribution in [1.29, 1.82) is 0 Å². The molecule has 1 N–H and O–H groups in total. The van der Waals surface area contributed by atoms with Crippen molar-refractivity contribution in [3.63, 3.8) is 0 Å². The third-order valence-electron chi connectivity index (χ3n) is 4.12. The lowest BCUT2D eigenvalue weighted by atomic mass is 9.71. The van der Waals surface area contributed by atoms with E-state index in [0.717, 1.165) is 30.4 Å². The van der Waals surface area contributed by atoms with Gasteiger partial charge in [-0.3, -0.25) is 0 Å². The van der Waals surface area contributed by atoms with Gasteiger partial charge in [0.05, 0.1) is 0 Å². The minimum Gasteiger partial charge on any atom is -0.313 e. The Kier molecular flexibility index (Phi) is 2.98. The van der Waals surface area contributed by atoms with Crippen LogP contribution in [0.5, 0.6) is 0 Å². The molecule has 0 aromatic heterocycles. The lowest BCUT2D eigenvalue weighted by molar-refractivity contribution is 0.164. The third kappa shape index (κ3) is 2.14. The van der Waals surface area contributed by atoms with Crippen LogP contribution in [0.2, 0.25) is 0 Å². The van der Waals surface area contributed by atoms with E-state index in [9.17, 15) is 4.39 Å². The molecule has 1 saturated carbocycles. The highest BCUT2D eigenvalue weighted by Gasteiger charge is 2.40. The molecule has 1 fully saturated rings. The molecular weight excluding hydrogens is 213 g/mol. The largest absolute Gasteiger partial charge is 0.313 e. The number of allylic oxidation sites excluding steroid dienone is 1. The molecule has 3 atom stereocenters. The quantitative estimate of drug-likeness (QED) is 0.786. The summed E-state index contributed by atoms with van der Waals surface area (Å²) in [6.45, 7) is 0.878. The molecule has 0 radical (unpaired) electrons. The van der Waals surface area contributed by atoms with Gasteiger partial charge in [-0.25, -0.2) is 4.39 Å². The molecule has 1 aromatic carbocycles. The van der Waals surface area contributed by atoms with Crippen LogP contribution in [0.25, 0.3) is 0 Å². The molecule has 0 saturated heterocycles. The Hall–Kier alpha value is -1.15. The summed E-state index contributed by atoms with van der Waals surface area (Å²) in [6, 6.07) is 7.68. The van der Waals surface area contributed by atoms with Crippen molar-refractivity contribution in [3.05, 3.63) is 47.8 Å². The Morgan fingerprint density at radius 3 is 3.00 bits per heavy atom. The van der Waals surface area contributed by atoms with Gasteiger partial charge in [-0.1, -0.05) is 30.4 Å². The minimum atomic E-state index is -0.0819. The minimum absolute atomic E-state index is 0.0819. The molecule has 2 aliphatic rings. The first kappa shape index (κ1) is 11.0. The van der Waals surface area contributed by atoms with Crippen molar-refractivity contribution in [3.8, 4) is 0 Å². The molecule has 3 rings (SSSR count). The summed E-state index contributed by atoms with van der Waals surface area (Å²) >= 11 is 0. The Labute approximate surface area is 102 Å². The molecule has 1 aromatic rings. The topological polar surface area (TPSA) is 12.0 Å². The molecule has 3 unspecified atom stereocenters. The zero-order valence-electron chi connectivity index (χ0n) is 9.90. The van der Waals surface area contributed by atoms with Crippen LogP contribution in [0.1, 0.15) is 18.4 Å². The monoisotopic (exact) mass is 231 g/mol. The SMILES string of the molecule is Fc1ccccc1CCNC1CC2CC=CC21. The summed E-state index contributed by atoms with van der Waals surface area (Å²) < 4.78 is 13.4. The van der Waals surface area contributed by atoms with Gasteiger partial charge in [0.1, 0.15) is 5.82 Å². The van der Waals surface area contributed by atoms with E-state index in [1.807, 2.05) is 12.1 Å². The molecular formula is C15H18FN. The van der Waals surface area contributed by atoms with E-state index in [4.69, 9.17) is 0 Å². The third-order valence-corrected chi connectivity index (χ3v) is 4.12. The first-order valence-electron chi connectivity index (χ1n) is 6.48. The second-order valence-corrected chi connectivity index (χ2v) is 5.14. The highest BCUT2D eigenvalue weighted by atomic mass is 19.1. The van der Waals surface area contributed by atoms with Gasteiger partial charge >= 0.3 is 0 Å². The van der Waals surface area contributed by atoms with Crippen LogP contribution in [-0.2, 0) is 6.42 Å². The Bertz CT molecular complexity index is 427. The van der Waals surface area contributed by atoms with Crippen molar-refractivity contribution in [1.82, 2.24) is 5.32 Å². The summed E-state index contributed by atoms with van der Waals surface area (Å²) in [5.41, 5.74) is 0.817. The predicted molar refractivity (Wildman–Crippen MR) is 67.2 cm³/mol. The van der Waals surface area contributed by atoms with E-state index in [-0.39, 0.29) is 5.82 Å². The molecule has 90 valence electrons. The van der Waals surface area contributed by atoms with E-state index in [2.05, 4.69) is 17.5 Å². The molecule has 17 heavy (non-hydrogen) atoms. The number of hydrogen-bond acceptors (Lipinski definition) is 1. The molecule has 2 aliphatic carbocycles. The van der Waals surface area contributed by atoms with E-state index in [1.54, 1.807) is 6.07 Å². The summed E-state index contributed by atoms with van der Waals surface area (Å²) in [4.78, 5) is 0. The van der Waals surface area contributed by atoms with E-state index in [1.165, 1.54) is 18.9 Å². The molecule has 1 nitrogen and oxygen atoms in total. The highest BCUT2D eigenvalue weighted by molar-refractivity contribution is 5.18. The van der Waals surface area contributed by atoms with Crippen molar-refractivity contribution in [2.24, 2.45) is 11.8 Å². The van der Waals surface area contributed by atoms with Crippen LogP contribution < -0.4 is 5.32 Å². The highest BCUT2D eigenvalue weighted by Crippen LogP contribution is 2.42. The summed E-state index contributed by atoms with van der Waals surface area (Å²) in [5, 5.41) is 3.55. The van der Waals surface area contributed by atoms with Crippen LogP contribution in [0, 0.1) is 17.7 Å². The molecule has 0 amide bonds. The van der Waals surface area contributed by atoms with Crippen LogP contribution >= 0.6 is 0 Å². The van der Waals surface area contributed by atoms with Gasteiger partial charge in [-0.05, 0) is 49.3 Å². The van der Waals surface area contributed by atoms with E-state index >= 15 is 0 Å². The Balaban J connectivity index is 1.47. The maximum atomic E-state index is 13.4. The molecule has 0 spiro atoms. The van der Waals surface area contributed by atoms with Crippen LogP contribution in [0.4, 0.5) is 4.39 Å². The van der Waals surface area contributed by atoms with Crippen molar-refractivity contribution in [2.75, 3.05) is 6.54 Å². The second kappa shape index (κ2) is 4.61. The predicted octanol–water partition coefficient (Wildman–Crippen LogP) is 2.92. The normalized spacial score (nSPS) is 30.1. The van der Waals surface area contributed by atoms with Gasteiger partial charge in [0.15, 0.2) is 0 Å². The van der Waals surface area contributed by atoms with Gasteiger partial charge in [0.25, 0.3) is 0 Å². The number of halogens is 1. The number of fused-ring (bicyclic) bond motifs is 1. The van der Waals surface area contributed by atoms with Gasteiger partial charge in [-0.15, -0.1) is 0 Å². The van der Waals surface area contributed by atoms with Gasteiger partial charge in [-0.2, -0.15) is 0 Å². The van der Waals surface area contributed by atoms with Crippen molar-refractivity contribution >= 4 is 0 Å². The summed E-state index contributed by atoms with van der Waals surface area (Å²) in [5.74, 6) is 1.55. The molecule has 0 heterocycles. The van der Waals surface area contributed by atoms with Crippen molar-refractivity contribution < 1.29 is 4.39 Å². The van der Waals surface area contributed by atoms with Crippen molar-refractivity contribution in [2.45, 2.75) is 25.3 Å². The fourth-order valence-corrected chi connectivity index (χ4v) is 3.04. The Morgan fingerprint density at radius 2 is 2.18 bits per heavy atom. The standard InChI is InChI=1S/C15H18FN/c16-14-7-2-1-4-11(14)8-9-17-15-10-12-5-3-6-13(12)15/h1-4,6-7,12-13,15,17H,5,8-10H2. The fourth-order valence-electron chi connectivity index (χ4n) is 3.04. The van der Waals surface area contributed by atoms with Gasteiger partial charge in [0, 0.05) is 6.04 Å². The van der Waals surface area contributed by atoms with Gasteiger partial charge in [0.2, 0.25) is 0 Å². The molecule has 0 bridgehead atoms. The maximum Gasteiger partial charge on any atom is 0.126 e. The molecule has 2 heteroatoms. The first-order valence-corrected chi connectivity index (χ1v) is 6.48. The van der Waals surface area contributed by atoms with Crippen LogP contribution in [0.3, 0.4) is 0 Å². The summed E-state index contributed by atoms with van der Waals surface area (Å²) in [7, 11) is 0. The average molecular weight is 231 g/mol. The lowest BCUT2D eigenvalue weighted by Crippen LogP contribution is -2.48.